The van der Waals surface area contributed by atoms with Gasteiger partial charge in [0.25, 0.3) is 0 Å². The summed E-state index contributed by atoms with van der Waals surface area (Å²) < 4.78 is 2.40. The zero-order valence-electron chi connectivity index (χ0n) is 29.3. The minimum absolute atomic E-state index is 0.951. The zero-order chi connectivity index (χ0) is 35.1. The Balaban J connectivity index is 1.19. The Morgan fingerprint density at radius 3 is 1.62 bits per heavy atom. The predicted octanol–water partition coefficient (Wildman–Crippen LogP) is 13.9. The van der Waals surface area contributed by atoms with Gasteiger partial charge in [-0.1, -0.05) is 188 Å². The first-order valence-electron chi connectivity index (χ1n) is 18.5. The van der Waals surface area contributed by atoms with Crippen LogP contribution in [0.15, 0.2) is 194 Å². The quantitative estimate of drug-likeness (QED) is 0.160. The number of imidazole rings is 1. The number of allylic oxidation sites excluding steroid dienone is 4. The smallest absolute Gasteiger partial charge is 0.145 e. The number of aromatic nitrogens is 2. The van der Waals surface area contributed by atoms with Crippen molar-refractivity contribution in [3.63, 3.8) is 0 Å². The van der Waals surface area contributed by atoms with Crippen LogP contribution in [0.25, 0.3) is 94.2 Å². The summed E-state index contributed by atoms with van der Waals surface area (Å²) >= 11 is 0. The van der Waals surface area contributed by atoms with Crippen LogP contribution in [0, 0.1) is 0 Å². The van der Waals surface area contributed by atoms with Crippen molar-refractivity contribution in [1.82, 2.24) is 9.55 Å². The molecule has 0 N–H and O–H groups in total. The van der Waals surface area contributed by atoms with Crippen molar-refractivity contribution < 1.29 is 0 Å². The topological polar surface area (TPSA) is 17.8 Å². The number of hydrogen-bond donors (Lipinski definition) is 0. The van der Waals surface area contributed by atoms with E-state index in [0.717, 1.165) is 46.7 Å². The van der Waals surface area contributed by atoms with Crippen LogP contribution in [0.3, 0.4) is 0 Å². The maximum absolute atomic E-state index is 5.47. The molecule has 1 aromatic heterocycles. The summed E-state index contributed by atoms with van der Waals surface area (Å²) in [5.74, 6) is 0.955. The van der Waals surface area contributed by atoms with Gasteiger partial charge < -0.3 is 0 Å². The molecule has 0 aliphatic heterocycles. The van der Waals surface area contributed by atoms with Gasteiger partial charge in [-0.05, 0) is 73.5 Å². The van der Waals surface area contributed by atoms with E-state index in [-0.39, 0.29) is 0 Å². The number of fused-ring (bicyclic) bond motifs is 3. The van der Waals surface area contributed by atoms with Crippen molar-refractivity contribution in [1.29, 1.82) is 0 Å². The van der Waals surface area contributed by atoms with Gasteiger partial charge in [-0.2, -0.15) is 0 Å². The van der Waals surface area contributed by atoms with Crippen molar-refractivity contribution in [3.8, 4) is 56.2 Å². The largest absolute Gasteiger partial charge is 0.295 e. The molecule has 0 atom stereocenters. The van der Waals surface area contributed by atoms with Crippen LogP contribution in [-0.4, -0.2) is 9.55 Å². The summed E-state index contributed by atoms with van der Waals surface area (Å²) in [5, 5.41) is 7.54. The van der Waals surface area contributed by atoms with Crippen LogP contribution in [0.1, 0.15) is 12.8 Å². The predicted molar refractivity (Wildman–Crippen MR) is 225 cm³/mol. The summed E-state index contributed by atoms with van der Waals surface area (Å²) in [5.41, 5.74) is 11.7. The Labute approximate surface area is 309 Å². The molecule has 0 saturated carbocycles. The monoisotopic (exact) mass is 676 g/mol. The summed E-state index contributed by atoms with van der Waals surface area (Å²) in [6.07, 6.45) is 8.63. The standard InChI is InChI=1S/C51H36N2/c1-4-18-37(19-5-1)49-50(38-20-6-2-7-21-38)53(40-23-8-3-9-24-40)51(52-49)39-33-31-36(32-34-39)47-43-26-12-14-28-45(43)48(46-29-15-13-27-44(46)47)42-30-16-22-35-17-10-11-25-41(35)42/h1-8,10-23,25-34H,9,24H2. The molecule has 0 saturated heterocycles. The van der Waals surface area contributed by atoms with E-state index in [9.17, 15) is 0 Å². The molecule has 2 nitrogen and oxygen atoms in total. The molecular weight excluding hydrogens is 641 g/mol. The third kappa shape index (κ3) is 5.30. The number of hydrogen-bond acceptors (Lipinski definition) is 1. The van der Waals surface area contributed by atoms with Gasteiger partial charge in [0.05, 0.1) is 11.4 Å². The molecule has 1 aliphatic rings. The molecule has 0 spiro atoms. The molecule has 8 aromatic carbocycles. The highest BCUT2D eigenvalue weighted by Gasteiger charge is 2.24. The number of nitrogens with zero attached hydrogens (tertiary/aromatic N) is 2. The van der Waals surface area contributed by atoms with Gasteiger partial charge in [0.15, 0.2) is 0 Å². The highest BCUT2D eigenvalue weighted by molar-refractivity contribution is 6.23. The van der Waals surface area contributed by atoms with Crippen molar-refractivity contribution >= 4 is 38.0 Å². The van der Waals surface area contributed by atoms with Crippen LogP contribution in [0.2, 0.25) is 0 Å². The van der Waals surface area contributed by atoms with Crippen molar-refractivity contribution in [2.24, 2.45) is 0 Å². The van der Waals surface area contributed by atoms with Crippen molar-refractivity contribution in [2.45, 2.75) is 12.8 Å². The van der Waals surface area contributed by atoms with Crippen LogP contribution in [0.5, 0.6) is 0 Å². The third-order valence-corrected chi connectivity index (χ3v) is 10.7. The summed E-state index contributed by atoms with van der Waals surface area (Å²) in [4.78, 5) is 5.47. The molecule has 53 heavy (non-hydrogen) atoms. The summed E-state index contributed by atoms with van der Waals surface area (Å²) in [7, 11) is 0. The van der Waals surface area contributed by atoms with Gasteiger partial charge in [-0.25, -0.2) is 4.98 Å². The molecule has 2 heteroatoms. The first kappa shape index (κ1) is 31.0. The molecule has 0 bridgehead atoms. The maximum Gasteiger partial charge on any atom is 0.145 e. The van der Waals surface area contributed by atoms with E-state index in [1.807, 2.05) is 0 Å². The Morgan fingerprint density at radius 1 is 0.434 bits per heavy atom. The summed E-state index contributed by atoms with van der Waals surface area (Å²) in [6, 6.07) is 63.6. The second-order valence-corrected chi connectivity index (χ2v) is 13.8. The Hall–Kier alpha value is -6.77. The van der Waals surface area contributed by atoms with E-state index in [4.69, 9.17) is 4.98 Å². The molecule has 0 radical (unpaired) electrons. The van der Waals surface area contributed by atoms with Crippen LogP contribution < -0.4 is 0 Å². The van der Waals surface area contributed by atoms with E-state index in [1.54, 1.807) is 0 Å². The highest BCUT2D eigenvalue weighted by Crippen LogP contribution is 2.46. The van der Waals surface area contributed by atoms with Crippen molar-refractivity contribution in [3.05, 3.63) is 194 Å². The fraction of sp³-hybridized carbons (Fsp3) is 0.0392. The highest BCUT2D eigenvalue weighted by atomic mass is 15.1. The average Bonchev–Trinajstić information content (AvgIpc) is 3.65. The first-order valence-corrected chi connectivity index (χ1v) is 18.5. The Kier molecular flexibility index (Phi) is 7.66. The van der Waals surface area contributed by atoms with Gasteiger partial charge in [-0.15, -0.1) is 0 Å². The second-order valence-electron chi connectivity index (χ2n) is 13.8. The average molecular weight is 677 g/mol. The molecule has 0 fully saturated rings. The van der Waals surface area contributed by atoms with E-state index < -0.39 is 0 Å². The minimum atomic E-state index is 0.951. The van der Waals surface area contributed by atoms with E-state index in [0.29, 0.717) is 0 Å². The zero-order valence-corrected chi connectivity index (χ0v) is 29.3. The fourth-order valence-electron chi connectivity index (χ4n) is 8.29. The first-order chi connectivity index (χ1) is 26.3. The van der Waals surface area contributed by atoms with Crippen LogP contribution in [0.4, 0.5) is 0 Å². The molecule has 0 unspecified atom stereocenters. The van der Waals surface area contributed by atoms with Crippen LogP contribution >= 0.6 is 0 Å². The molecule has 9 aromatic rings. The van der Waals surface area contributed by atoms with E-state index >= 15 is 0 Å². The normalized spacial score (nSPS) is 12.8. The minimum Gasteiger partial charge on any atom is -0.295 e. The van der Waals surface area contributed by atoms with Gasteiger partial charge in [0.1, 0.15) is 5.82 Å². The fourth-order valence-corrected chi connectivity index (χ4v) is 8.29. The molecule has 10 rings (SSSR count). The lowest BCUT2D eigenvalue weighted by Gasteiger charge is -2.19. The lowest BCUT2D eigenvalue weighted by molar-refractivity contribution is 0.948. The molecule has 1 aliphatic carbocycles. The van der Waals surface area contributed by atoms with Gasteiger partial charge in [0, 0.05) is 22.4 Å². The maximum atomic E-state index is 5.47. The summed E-state index contributed by atoms with van der Waals surface area (Å²) in [6.45, 7) is 0. The van der Waals surface area contributed by atoms with E-state index in [1.165, 1.54) is 60.3 Å². The van der Waals surface area contributed by atoms with Gasteiger partial charge >= 0.3 is 0 Å². The molecule has 1 heterocycles. The number of benzene rings is 8. The second kappa shape index (κ2) is 13.1. The third-order valence-electron chi connectivity index (χ3n) is 10.7. The molecular formula is C51H36N2. The SMILES string of the molecule is C1=CCCC(n2c(-c3ccc(-c4c5ccccc5c(-c5cccc6ccccc56)c5ccccc45)cc3)nc(-c3ccccc3)c2-c2ccccc2)=C1. The van der Waals surface area contributed by atoms with Gasteiger partial charge in [0.2, 0.25) is 0 Å². The van der Waals surface area contributed by atoms with Crippen molar-refractivity contribution in [2.75, 3.05) is 0 Å². The number of rotatable bonds is 6. The molecule has 0 amide bonds. The lowest BCUT2D eigenvalue weighted by Crippen LogP contribution is -2.04. The molecule has 250 valence electrons. The van der Waals surface area contributed by atoms with E-state index in [2.05, 4.69) is 199 Å². The van der Waals surface area contributed by atoms with Crippen LogP contribution in [-0.2, 0) is 0 Å². The lowest BCUT2D eigenvalue weighted by atomic mass is 9.84. The van der Waals surface area contributed by atoms with Gasteiger partial charge in [-0.3, -0.25) is 4.57 Å². The Morgan fingerprint density at radius 2 is 0.981 bits per heavy atom. The Bertz CT molecular complexity index is 2790.